The van der Waals surface area contributed by atoms with E-state index in [1.807, 2.05) is 0 Å². The average Bonchev–Trinajstić information content (AvgIpc) is 2.66. The molecule has 0 saturated heterocycles. The van der Waals surface area contributed by atoms with Gasteiger partial charge in [-0.2, -0.15) is 0 Å². The molecule has 1 aliphatic carbocycles. The summed E-state index contributed by atoms with van der Waals surface area (Å²) in [7, 11) is 0. The highest BCUT2D eigenvalue weighted by Gasteiger charge is 2.31. The summed E-state index contributed by atoms with van der Waals surface area (Å²) < 4.78 is 0. The molecule has 0 heterocycles. The predicted octanol–water partition coefficient (Wildman–Crippen LogP) is 3.35. The van der Waals surface area contributed by atoms with Crippen LogP contribution < -0.4 is 5.32 Å². The molecule has 0 aromatic heterocycles. The van der Waals surface area contributed by atoms with E-state index in [2.05, 4.69) is 5.32 Å². The van der Waals surface area contributed by atoms with Gasteiger partial charge in [0.25, 0.3) is 5.69 Å². The van der Waals surface area contributed by atoms with Crippen LogP contribution in [0.25, 0.3) is 0 Å². The van der Waals surface area contributed by atoms with Gasteiger partial charge in [-0.25, -0.2) is 0 Å². The van der Waals surface area contributed by atoms with E-state index in [1.54, 1.807) is 19.1 Å². The van der Waals surface area contributed by atoms with Gasteiger partial charge in [-0.3, -0.25) is 14.9 Å². The molecule has 2 atom stereocenters. The maximum Gasteiger partial charge on any atom is 0.308 e. The van der Waals surface area contributed by atoms with Crippen LogP contribution in [-0.4, -0.2) is 22.0 Å². The molecule has 1 saturated carbocycles. The maximum atomic E-state index is 11.4. The molecule has 2 unspecified atom stereocenters. The summed E-state index contributed by atoms with van der Waals surface area (Å²) in [4.78, 5) is 22.2. The van der Waals surface area contributed by atoms with Gasteiger partial charge >= 0.3 is 5.97 Å². The zero-order valence-electron chi connectivity index (χ0n) is 12.0. The summed E-state index contributed by atoms with van der Waals surface area (Å²) in [6.45, 7) is 1.79. The van der Waals surface area contributed by atoms with E-state index in [9.17, 15) is 20.0 Å². The van der Waals surface area contributed by atoms with Gasteiger partial charge in [0.15, 0.2) is 0 Å². The fraction of sp³-hybridized carbons (Fsp3) is 0.533. The number of rotatable bonds is 4. The SMILES string of the molecule is Cc1cccc([N+](=O)[O-])c1NC1CCCCCC1C(=O)O. The lowest BCUT2D eigenvalue weighted by Crippen LogP contribution is -2.34. The number of carboxylic acids is 1. The first-order valence-corrected chi connectivity index (χ1v) is 7.24. The van der Waals surface area contributed by atoms with Crippen LogP contribution in [-0.2, 0) is 4.79 Å². The molecule has 1 aromatic carbocycles. The van der Waals surface area contributed by atoms with Gasteiger partial charge in [-0.1, -0.05) is 31.4 Å². The minimum absolute atomic E-state index is 0.00313. The Hall–Kier alpha value is -2.11. The minimum atomic E-state index is -0.828. The van der Waals surface area contributed by atoms with Gasteiger partial charge in [0.1, 0.15) is 5.69 Å². The first-order valence-electron chi connectivity index (χ1n) is 7.24. The second-order valence-electron chi connectivity index (χ2n) is 5.56. The number of para-hydroxylation sites is 1. The molecule has 0 spiro atoms. The second-order valence-corrected chi connectivity index (χ2v) is 5.56. The first-order chi connectivity index (χ1) is 10.0. The molecule has 0 amide bonds. The van der Waals surface area contributed by atoms with Crippen LogP contribution in [0.4, 0.5) is 11.4 Å². The molecule has 1 aromatic rings. The van der Waals surface area contributed by atoms with E-state index < -0.39 is 16.8 Å². The fourth-order valence-corrected chi connectivity index (χ4v) is 2.95. The van der Waals surface area contributed by atoms with Crippen molar-refractivity contribution >= 4 is 17.3 Å². The Kier molecular flexibility index (Phi) is 4.77. The predicted molar refractivity (Wildman–Crippen MR) is 79.5 cm³/mol. The number of nitrogens with zero attached hydrogens (tertiary/aromatic N) is 1. The Labute approximate surface area is 123 Å². The van der Waals surface area contributed by atoms with Crippen molar-refractivity contribution in [2.75, 3.05) is 5.32 Å². The lowest BCUT2D eigenvalue weighted by Gasteiger charge is -2.24. The van der Waals surface area contributed by atoms with Crippen molar-refractivity contribution in [2.24, 2.45) is 5.92 Å². The third-order valence-electron chi connectivity index (χ3n) is 4.11. The Bertz CT molecular complexity index is 544. The van der Waals surface area contributed by atoms with E-state index in [4.69, 9.17) is 0 Å². The Morgan fingerprint density at radius 3 is 2.71 bits per heavy atom. The van der Waals surface area contributed by atoms with Crippen molar-refractivity contribution in [1.29, 1.82) is 0 Å². The average molecular weight is 292 g/mol. The molecule has 6 heteroatoms. The number of carbonyl (C=O) groups is 1. The van der Waals surface area contributed by atoms with Crippen LogP contribution >= 0.6 is 0 Å². The number of nitrogens with one attached hydrogen (secondary N) is 1. The monoisotopic (exact) mass is 292 g/mol. The number of nitro groups is 1. The van der Waals surface area contributed by atoms with Crippen LogP contribution in [0.2, 0.25) is 0 Å². The molecule has 21 heavy (non-hydrogen) atoms. The summed E-state index contributed by atoms with van der Waals surface area (Å²) in [6, 6.07) is 4.62. The van der Waals surface area contributed by atoms with Gasteiger partial charge in [0.05, 0.1) is 10.8 Å². The van der Waals surface area contributed by atoms with Crippen molar-refractivity contribution in [3.05, 3.63) is 33.9 Å². The van der Waals surface area contributed by atoms with Gasteiger partial charge in [0, 0.05) is 12.1 Å². The van der Waals surface area contributed by atoms with Crippen molar-refractivity contribution in [1.82, 2.24) is 0 Å². The van der Waals surface area contributed by atoms with E-state index >= 15 is 0 Å². The van der Waals surface area contributed by atoms with Crippen LogP contribution in [0, 0.1) is 23.0 Å². The first kappa shape index (κ1) is 15.3. The Balaban J connectivity index is 2.30. The molecule has 0 radical (unpaired) electrons. The molecule has 1 aliphatic rings. The van der Waals surface area contributed by atoms with Gasteiger partial charge < -0.3 is 10.4 Å². The second kappa shape index (κ2) is 6.56. The van der Waals surface area contributed by atoms with Gasteiger partial charge in [0.2, 0.25) is 0 Å². The number of aliphatic carboxylic acids is 1. The third kappa shape index (κ3) is 3.51. The summed E-state index contributed by atoms with van der Waals surface area (Å²) in [5.41, 5.74) is 1.21. The number of hydrogen-bond donors (Lipinski definition) is 2. The molecule has 1 fully saturated rings. The zero-order chi connectivity index (χ0) is 15.4. The normalized spacial score (nSPS) is 22.3. The Morgan fingerprint density at radius 2 is 2.05 bits per heavy atom. The van der Waals surface area contributed by atoms with E-state index in [0.717, 1.165) is 31.2 Å². The van der Waals surface area contributed by atoms with Crippen LogP contribution in [0.5, 0.6) is 0 Å². The number of nitro benzene ring substituents is 1. The largest absolute Gasteiger partial charge is 0.481 e. The number of benzene rings is 1. The summed E-state index contributed by atoms with van der Waals surface area (Å²) in [5, 5.41) is 23.7. The highest BCUT2D eigenvalue weighted by Crippen LogP contribution is 2.32. The van der Waals surface area contributed by atoms with E-state index in [1.165, 1.54) is 6.07 Å². The number of aryl methyl sites for hydroxylation is 1. The molecule has 2 rings (SSSR count). The lowest BCUT2D eigenvalue weighted by atomic mass is 9.94. The number of hydrogen-bond acceptors (Lipinski definition) is 4. The highest BCUT2D eigenvalue weighted by molar-refractivity contribution is 5.73. The zero-order valence-corrected chi connectivity index (χ0v) is 12.0. The molecule has 0 bridgehead atoms. The molecule has 114 valence electrons. The minimum Gasteiger partial charge on any atom is -0.481 e. The third-order valence-corrected chi connectivity index (χ3v) is 4.11. The summed E-state index contributed by atoms with van der Waals surface area (Å²) in [6.07, 6.45) is 4.19. The maximum absolute atomic E-state index is 11.4. The van der Waals surface area contributed by atoms with Crippen molar-refractivity contribution in [2.45, 2.75) is 45.1 Å². The van der Waals surface area contributed by atoms with E-state index in [-0.39, 0.29) is 11.7 Å². The fourth-order valence-electron chi connectivity index (χ4n) is 2.95. The molecular formula is C15H20N2O4. The molecule has 0 aliphatic heterocycles. The van der Waals surface area contributed by atoms with Crippen molar-refractivity contribution < 1.29 is 14.8 Å². The van der Waals surface area contributed by atoms with E-state index in [0.29, 0.717) is 12.1 Å². The van der Waals surface area contributed by atoms with Crippen molar-refractivity contribution in [3.63, 3.8) is 0 Å². The van der Waals surface area contributed by atoms with Gasteiger partial charge in [-0.15, -0.1) is 0 Å². The summed E-state index contributed by atoms with van der Waals surface area (Å²) in [5.74, 6) is -1.32. The molecule has 2 N–H and O–H groups in total. The Morgan fingerprint density at radius 1 is 1.33 bits per heavy atom. The van der Waals surface area contributed by atoms with Gasteiger partial charge in [-0.05, 0) is 25.3 Å². The van der Waals surface area contributed by atoms with Crippen LogP contribution in [0.15, 0.2) is 18.2 Å². The molecule has 6 nitrogen and oxygen atoms in total. The quantitative estimate of drug-likeness (QED) is 0.504. The number of anilines is 1. The van der Waals surface area contributed by atoms with Crippen LogP contribution in [0.3, 0.4) is 0 Å². The molecular weight excluding hydrogens is 272 g/mol. The van der Waals surface area contributed by atoms with Crippen LogP contribution in [0.1, 0.15) is 37.7 Å². The highest BCUT2D eigenvalue weighted by atomic mass is 16.6. The van der Waals surface area contributed by atoms with Crippen molar-refractivity contribution in [3.8, 4) is 0 Å². The topological polar surface area (TPSA) is 92.5 Å². The smallest absolute Gasteiger partial charge is 0.308 e. The standard InChI is InChI=1S/C15H20N2O4/c1-10-6-5-9-13(17(20)21)14(10)16-12-8-4-2-3-7-11(12)15(18)19/h5-6,9,11-12,16H,2-4,7-8H2,1H3,(H,18,19). The summed E-state index contributed by atoms with van der Waals surface area (Å²) >= 11 is 0. The lowest BCUT2D eigenvalue weighted by molar-refractivity contribution is -0.384. The number of carboxylic acid groups (broad SMARTS) is 1.